The van der Waals surface area contributed by atoms with Gasteiger partial charge in [0.25, 0.3) is 0 Å². The average Bonchev–Trinajstić information content (AvgIpc) is 3.46. The van der Waals surface area contributed by atoms with E-state index in [-0.39, 0.29) is 5.92 Å². The third-order valence-electron chi connectivity index (χ3n) is 6.74. The number of aromatic nitrogens is 4. The van der Waals surface area contributed by atoms with Crippen LogP contribution in [0.1, 0.15) is 35.0 Å². The van der Waals surface area contributed by atoms with Crippen molar-refractivity contribution in [3.8, 4) is 11.1 Å². The maximum Gasteiger partial charge on any atom is 0.407 e. The van der Waals surface area contributed by atoms with E-state index in [1.54, 1.807) is 11.3 Å². The lowest BCUT2D eigenvalue weighted by molar-refractivity contribution is 0.131. The number of fused-ring (bicyclic) bond motifs is 2. The Bertz CT molecular complexity index is 1540. The number of rotatable bonds is 4. The van der Waals surface area contributed by atoms with Gasteiger partial charge in [-0.3, -0.25) is 0 Å². The normalized spacial score (nSPS) is 14.7. The summed E-state index contributed by atoms with van der Waals surface area (Å²) in [6, 6.07) is 18.8. The molecule has 0 spiro atoms. The second kappa shape index (κ2) is 8.66. The molecule has 1 amide bonds. The first-order chi connectivity index (χ1) is 17.1. The molecule has 0 bridgehead atoms. The van der Waals surface area contributed by atoms with Crippen molar-refractivity contribution >= 4 is 39.0 Å². The smallest absolute Gasteiger partial charge is 0.407 e. The van der Waals surface area contributed by atoms with Gasteiger partial charge in [-0.25, -0.2) is 19.3 Å². The van der Waals surface area contributed by atoms with Crippen molar-refractivity contribution in [1.82, 2.24) is 24.5 Å². The molecule has 3 N–H and O–H groups in total. The molecule has 4 heterocycles. The molecule has 8 nitrogen and oxygen atoms in total. The number of nitrogens with zero attached hydrogens (tertiary/aromatic N) is 5. The lowest BCUT2D eigenvalue weighted by atomic mass is 9.93. The van der Waals surface area contributed by atoms with Gasteiger partial charge in [0.1, 0.15) is 11.8 Å². The number of carboxylic acid groups (broad SMARTS) is 1. The van der Waals surface area contributed by atoms with Gasteiger partial charge in [-0.1, -0.05) is 36.4 Å². The zero-order valence-corrected chi connectivity index (χ0v) is 19.8. The fourth-order valence-electron chi connectivity index (χ4n) is 4.96. The molecule has 1 fully saturated rings. The van der Waals surface area contributed by atoms with Gasteiger partial charge < -0.3 is 15.7 Å². The Balaban J connectivity index is 1.38. The minimum atomic E-state index is -0.862. The number of nitrogens with two attached hydrogens (primary N) is 1. The highest BCUT2D eigenvalue weighted by Gasteiger charge is 2.27. The molecule has 3 aromatic heterocycles. The Morgan fingerprint density at radius 3 is 2.69 bits per heavy atom. The molecule has 0 aliphatic carbocycles. The van der Waals surface area contributed by atoms with Crippen LogP contribution in [0.3, 0.4) is 0 Å². The van der Waals surface area contributed by atoms with E-state index in [0.29, 0.717) is 18.9 Å². The van der Waals surface area contributed by atoms with Gasteiger partial charge in [0.15, 0.2) is 5.82 Å². The number of amides is 1. The van der Waals surface area contributed by atoms with E-state index in [2.05, 4.69) is 58.6 Å². The summed E-state index contributed by atoms with van der Waals surface area (Å²) in [5.74, 6) is 0.619. The Hall–Kier alpha value is -3.98. The third kappa shape index (κ3) is 3.97. The van der Waals surface area contributed by atoms with Crippen LogP contribution >= 0.6 is 11.3 Å². The predicted octanol–water partition coefficient (Wildman–Crippen LogP) is 5.04. The summed E-state index contributed by atoms with van der Waals surface area (Å²) < 4.78 is 3.03. The molecule has 9 heteroatoms. The summed E-state index contributed by atoms with van der Waals surface area (Å²) >= 11 is 1.71. The topological polar surface area (TPSA) is 110 Å². The standard InChI is InChI=1S/C26H24N6O2S/c27-25-24-19(14-21(32(24)29-15-28-25)17-8-10-31(11-9-17)26(33)34)18-6-7-22-20(13-18)30-23(35-22)12-16-4-2-1-3-5-16/h1-7,13-15,17H,8-12H2,(H,33,34)(H2,27,28,29). The number of benzene rings is 2. The van der Waals surface area contributed by atoms with Crippen LogP contribution in [-0.2, 0) is 6.42 Å². The Morgan fingerprint density at radius 1 is 1.11 bits per heavy atom. The average molecular weight is 485 g/mol. The summed E-state index contributed by atoms with van der Waals surface area (Å²) in [7, 11) is 0. The van der Waals surface area contributed by atoms with E-state index in [9.17, 15) is 9.90 Å². The van der Waals surface area contributed by atoms with Gasteiger partial charge in [-0.15, -0.1) is 11.3 Å². The van der Waals surface area contributed by atoms with Crippen molar-refractivity contribution < 1.29 is 9.90 Å². The molecular formula is C26H24N6O2S. The molecule has 176 valence electrons. The van der Waals surface area contributed by atoms with Crippen LogP contribution in [0.25, 0.3) is 26.9 Å². The highest BCUT2D eigenvalue weighted by atomic mass is 32.1. The third-order valence-corrected chi connectivity index (χ3v) is 7.77. The lowest BCUT2D eigenvalue weighted by Crippen LogP contribution is -2.37. The van der Waals surface area contributed by atoms with Crippen LogP contribution in [0.15, 0.2) is 60.9 Å². The number of hydrogen-bond donors (Lipinski definition) is 2. The molecule has 5 aromatic rings. The van der Waals surface area contributed by atoms with Crippen molar-refractivity contribution in [2.45, 2.75) is 25.2 Å². The van der Waals surface area contributed by atoms with Gasteiger partial charge in [-0.2, -0.15) is 5.10 Å². The molecule has 1 aliphatic heterocycles. The molecule has 0 atom stereocenters. The first kappa shape index (κ1) is 21.5. The van der Waals surface area contributed by atoms with Crippen molar-refractivity contribution in [2.24, 2.45) is 0 Å². The number of likely N-dealkylation sites (tertiary alicyclic amines) is 1. The van der Waals surface area contributed by atoms with E-state index >= 15 is 0 Å². The maximum atomic E-state index is 11.3. The molecule has 1 aliphatic rings. The molecule has 0 radical (unpaired) electrons. The van der Waals surface area contributed by atoms with E-state index < -0.39 is 6.09 Å². The predicted molar refractivity (Wildman–Crippen MR) is 137 cm³/mol. The molecule has 0 saturated carbocycles. The van der Waals surface area contributed by atoms with E-state index in [0.717, 1.165) is 56.8 Å². The van der Waals surface area contributed by atoms with Crippen molar-refractivity contribution in [3.05, 3.63) is 77.2 Å². The second-order valence-electron chi connectivity index (χ2n) is 8.88. The number of nitrogen functional groups attached to an aromatic ring is 1. The monoisotopic (exact) mass is 484 g/mol. The Morgan fingerprint density at radius 2 is 1.91 bits per heavy atom. The van der Waals surface area contributed by atoms with Gasteiger partial charge >= 0.3 is 6.09 Å². The number of piperidine rings is 1. The van der Waals surface area contributed by atoms with Crippen LogP contribution in [0.4, 0.5) is 10.6 Å². The molecule has 0 unspecified atom stereocenters. The summed E-state index contributed by atoms with van der Waals surface area (Å²) in [5, 5.41) is 14.9. The fraction of sp³-hybridized carbons (Fsp3) is 0.231. The highest BCUT2D eigenvalue weighted by Crippen LogP contribution is 2.38. The molecule has 2 aromatic carbocycles. The fourth-order valence-corrected chi connectivity index (χ4v) is 5.94. The lowest BCUT2D eigenvalue weighted by Gasteiger charge is -2.29. The first-order valence-corrected chi connectivity index (χ1v) is 12.4. The Kier molecular flexibility index (Phi) is 5.33. The van der Waals surface area contributed by atoms with Crippen LogP contribution in [0.2, 0.25) is 0 Å². The maximum absolute atomic E-state index is 11.3. The van der Waals surface area contributed by atoms with Gasteiger partial charge in [0.05, 0.1) is 15.2 Å². The van der Waals surface area contributed by atoms with Gasteiger partial charge in [-0.05, 0) is 42.2 Å². The SMILES string of the molecule is Nc1ncnn2c(C3CCN(C(=O)O)CC3)cc(-c3ccc4sc(Cc5ccccc5)nc4c3)c12. The van der Waals surface area contributed by atoms with Crippen LogP contribution in [0.5, 0.6) is 0 Å². The largest absolute Gasteiger partial charge is 0.465 e. The van der Waals surface area contributed by atoms with E-state index in [1.807, 2.05) is 10.6 Å². The number of carbonyl (C=O) groups is 1. The summed E-state index contributed by atoms with van der Waals surface area (Å²) in [6.07, 6.45) is 2.91. The van der Waals surface area contributed by atoms with E-state index in [1.165, 1.54) is 16.8 Å². The quantitative estimate of drug-likeness (QED) is 0.370. The van der Waals surface area contributed by atoms with Crippen molar-refractivity contribution in [3.63, 3.8) is 0 Å². The minimum Gasteiger partial charge on any atom is -0.465 e. The summed E-state index contributed by atoms with van der Waals surface area (Å²) in [4.78, 5) is 22.0. The summed E-state index contributed by atoms with van der Waals surface area (Å²) in [6.45, 7) is 1.02. The van der Waals surface area contributed by atoms with Crippen LogP contribution < -0.4 is 5.73 Å². The molecule has 1 saturated heterocycles. The number of thiazole rings is 1. The second-order valence-corrected chi connectivity index (χ2v) is 10.0. The highest BCUT2D eigenvalue weighted by molar-refractivity contribution is 7.18. The van der Waals surface area contributed by atoms with E-state index in [4.69, 9.17) is 10.7 Å². The summed E-state index contributed by atoms with van der Waals surface area (Å²) in [5.41, 5.74) is 12.3. The first-order valence-electron chi connectivity index (χ1n) is 11.6. The zero-order valence-electron chi connectivity index (χ0n) is 19.0. The van der Waals surface area contributed by atoms with Crippen molar-refractivity contribution in [2.75, 3.05) is 18.8 Å². The van der Waals surface area contributed by atoms with Crippen LogP contribution in [0, 0.1) is 0 Å². The molecule has 6 rings (SSSR count). The zero-order chi connectivity index (χ0) is 23.9. The minimum absolute atomic E-state index is 0.196. The number of anilines is 1. The number of hydrogen-bond acceptors (Lipinski definition) is 6. The van der Waals surface area contributed by atoms with Gasteiger partial charge in [0.2, 0.25) is 0 Å². The van der Waals surface area contributed by atoms with Gasteiger partial charge in [0, 0.05) is 36.7 Å². The molecular weight excluding hydrogens is 460 g/mol. The Labute approximate surface area is 205 Å². The van der Waals surface area contributed by atoms with Crippen LogP contribution in [-0.4, -0.2) is 48.8 Å². The van der Waals surface area contributed by atoms with Crippen molar-refractivity contribution in [1.29, 1.82) is 0 Å². The molecule has 35 heavy (non-hydrogen) atoms.